The molecule has 0 heterocycles. The second-order valence-corrected chi connectivity index (χ2v) is 5.74. The number of nitrogen functional groups attached to an aromatic ring is 2. The van der Waals surface area contributed by atoms with E-state index in [-0.39, 0.29) is 11.9 Å². The molecule has 0 saturated heterocycles. The van der Waals surface area contributed by atoms with Crippen molar-refractivity contribution in [3.63, 3.8) is 0 Å². The second kappa shape index (κ2) is 5.51. The van der Waals surface area contributed by atoms with Crippen molar-refractivity contribution in [3.05, 3.63) is 23.8 Å². The number of anilines is 2. The standard InChI is InChI=1S/C15H23N3O/c1-9-4-3-5-14(10(9)2)18-15(19)11-6-12(16)8-13(17)7-11/h6-10,14H,3-5,16-17H2,1-2H3,(H,18,19). The van der Waals surface area contributed by atoms with Gasteiger partial charge < -0.3 is 16.8 Å². The summed E-state index contributed by atoms with van der Waals surface area (Å²) in [6.45, 7) is 4.46. The van der Waals surface area contributed by atoms with Crippen LogP contribution >= 0.6 is 0 Å². The van der Waals surface area contributed by atoms with E-state index >= 15 is 0 Å². The molecule has 1 saturated carbocycles. The Labute approximate surface area is 114 Å². The van der Waals surface area contributed by atoms with E-state index in [1.54, 1.807) is 18.2 Å². The summed E-state index contributed by atoms with van der Waals surface area (Å²) in [7, 11) is 0. The molecule has 1 aromatic rings. The van der Waals surface area contributed by atoms with Gasteiger partial charge in [0.25, 0.3) is 5.91 Å². The van der Waals surface area contributed by atoms with Gasteiger partial charge in [-0.05, 0) is 36.5 Å². The summed E-state index contributed by atoms with van der Waals surface area (Å²) in [4.78, 5) is 12.2. The molecule has 104 valence electrons. The van der Waals surface area contributed by atoms with Crippen LogP contribution in [0.4, 0.5) is 11.4 Å². The van der Waals surface area contributed by atoms with Gasteiger partial charge >= 0.3 is 0 Å². The van der Waals surface area contributed by atoms with Crippen LogP contribution in [0.2, 0.25) is 0 Å². The van der Waals surface area contributed by atoms with Crippen LogP contribution in [0.3, 0.4) is 0 Å². The maximum Gasteiger partial charge on any atom is 0.251 e. The monoisotopic (exact) mass is 261 g/mol. The molecule has 0 bridgehead atoms. The van der Waals surface area contributed by atoms with Crippen molar-refractivity contribution in [2.45, 2.75) is 39.2 Å². The molecule has 3 atom stereocenters. The highest BCUT2D eigenvalue weighted by molar-refractivity contribution is 5.96. The molecular weight excluding hydrogens is 238 g/mol. The Bertz CT molecular complexity index is 452. The number of hydrogen-bond acceptors (Lipinski definition) is 3. The number of carbonyl (C=O) groups excluding carboxylic acids is 1. The van der Waals surface area contributed by atoms with Crippen LogP contribution in [0, 0.1) is 11.8 Å². The summed E-state index contributed by atoms with van der Waals surface area (Å²) in [5.41, 5.74) is 13.0. The molecule has 4 nitrogen and oxygen atoms in total. The van der Waals surface area contributed by atoms with Crippen LogP contribution in [0.1, 0.15) is 43.5 Å². The third-order valence-corrected chi connectivity index (χ3v) is 4.26. The van der Waals surface area contributed by atoms with Crippen LogP contribution in [-0.2, 0) is 0 Å². The molecular formula is C15H23N3O. The van der Waals surface area contributed by atoms with Crippen molar-refractivity contribution in [3.8, 4) is 0 Å². The first-order chi connectivity index (χ1) is 8.97. The minimum atomic E-state index is -0.0787. The van der Waals surface area contributed by atoms with Crippen LogP contribution in [0.15, 0.2) is 18.2 Å². The van der Waals surface area contributed by atoms with Gasteiger partial charge in [-0.15, -0.1) is 0 Å². The quantitative estimate of drug-likeness (QED) is 0.715. The molecule has 5 N–H and O–H groups in total. The SMILES string of the molecule is CC1CCCC(NC(=O)c2cc(N)cc(N)c2)C1C. The fourth-order valence-electron chi connectivity index (χ4n) is 2.85. The van der Waals surface area contributed by atoms with Crippen molar-refractivity contribution in [1.82, 2.24) is 5.32 Å². The molecule has 1 aliphatic carbocycles. The number of nitrogens with one attached hydrogen (secondary N) is 1. The van der Waals surface area contributed by atoms with Crippen molar-refractivity contribution in [2.24, 2.45) is 11.8 Å². The lowest BCUT2D eigenvalue weighted by Gasteiger charge is -2.34. The average Bonchev–Trinajstić information content (AvgIpc) is 2.33. The fourth-order valence-corrected chi connectivity index (χ4v) is 2.85. The molecule has 3 unspecified atom stereocenters. The topological polar surface area (TPSA) is 81.1 Å². The Morgan fingerprint density at radius 1 is 1.16 bits per heavy atom. The van der Waals surface area contributed by atoms with E-state index in [9.17, 15) is 4.79 Å². The van der Waals surface area contributed by atoms with Crippen molar-refractivity contribution in [2.75, 3.05) is 11.5 Å². The first-order valence-corrected chi connectivity index (χ1v) is 6.94. The predicted molar refractivity (Wildman–Crippen MR) is 78.7 cm³/mol. The van der Waals surface area contributed by atoms with Crippen molar-refractivity contribution < 1.29 is 4.79 Å². The number of hydrogen-bond donors (Lipinski definition) is 3. The van der Waals surface area contributed by atoms with Crippen LogP contribution in [-0.4, -0.2) is 11.9 Å². The Kier molecular flexibility index (Phi) is 3.98. The van der Waals surface area contributed by atoms with Gasteiger partial charge in [0.05, 0.1) is 0 Å². The summed E-state index contributed by atoms with van der Waals surface area (Å²) >= 11 is 0. The third kappa shape index (κ3) is 3.19. The van der Waals surface area contributed by atoms with E-state index in [2.05, 4.69) is 19.2 Å². The normalized spacial score (nSPS) is 26.9. The number of carbonyl (C=O) groups is 1. The van der Waals surface area contributed by atoms with Crippen LogP contribution in [0.5, 0.6) is 0 Å². The number of rotatable bonds is 2. The molecule has 0 radical (unpaired) electrons. The zero-order valence-electron chi connectivity index (χ0n) is 11.6. The second-order valence-electron chi connectivity index (χ2n) is 5.74. The van der Waals surface area contributed by atoms with Crippen LogP contribution in [0.25, 0.3) is 0 Å². The van der Waals surface area contributed by atoms with Crippen molar-refractivity contribution >= 4 is 17.3 Å². The van der Waals surface area contributed by atoms with E-state index in [4.69, 9.17) is 11.5 Å². The largest absolute Gasteiger partial charge is 0.399 e. The van der Waals surface area contributed by atoms with Gasteiger partial charge in [0, 0.05) is 23.0 Å². The summed E-state index contributed by atoms with van der Waals surface area (Å²) in [6.07, 6.45) is 3.48. The lowest BCUT2D eigenvalue weighted by atomic mass is 9.78. The highest BCUT2D eigenvalue weighted by Gasteiger charge is 2.28. The molecule has 1 aliphatic rings. The minimum Gasteiger partial charge on any atom is -0.399 e. The highest BCUT2D eigenvalue weighted by Crippen LogP contribution is 2.29. The molecule has 2 rings (SSSR count). The van der Waals surface area contributed by atoms with Gasteiger partial charge in [0.2, 0.25) is 0 Å². The molecule has 1 amide bonds. The lowest BCUT2D eigenvalue weighted by Crippen LogP contribution is -2.43. The summed E-state index contributed by atoms with van der Waals surface area (Å²) in [6, 6.07) is 5.24. The van der Waals surface area contributed by atoms with Gasteiger partial charge in [-0.1, -0.05) is 26.7 Å². The van der Waals surface area contributed by atoms with E-state index in [0.717, 1.165) is 6.42 Å². The van der Waals surface area contributed by atoms with E-state index in [1.807, 2.05) is 0 Å². The fraction of sp³-hybridized carbons (Fsp3) is 0.533. The van der Waals surface area contributed by atoms with Gasteiger partial charge in [-0.2, -0.15) is 0 Å². The summed E-state index contributed by atoms with van der Waals surface area (Å²) in [5.74, 6) is 1.09. The Hall–Kier alpha value is -1.71. The average molecular weight is 261 g/mol. The molecule has 19 heavy (non-hydrogen) atoms. The minimum absolute atomic E-state index is 0.0787. The van der Waals surface area contributed by atoms with E-state index < -0.39 is 0 Å². The maximum atomic E-state index is 12.2. The zero-order chi connectivity index (χ0) is 14.0. The van der Waals surface area contributed by atoms with Gasteiger partial charge in [0.15, 0.2) is 0 Å². The lowest BCUT2D eigenvalue weighted by molar-refractivity contribution is 0.0891. The first-order valence-electron chi connectivity index (χ1n) is 6.94. The maximum absolute atomic E-state index is 12.2. The Morgan fingerprint density at radius 2 is 1.79 bits per heavy atom. The Balaban J connectivity index is 2.08. The Morgan fingerprint density at radius 3 is 2.42 bits per heavy atom. The van der Waals surface area contributed by atoms with Gasteiger partial charge in [-0.25, -0.2) is 0 Å². The number of benzene rings is 1. The molecule has 0 aliphatic heterocycles. The van der Waals surface area contributed by atoms with Gasteiger partial charge in [-0.3, -0.25) is 4.79 Å². The molecule has 1 aromatic carbocycles. The van der Waals surface area contributed by atoms with E-state index in [0.29, 0.717) is 28.8 Å². The number of amides is 1. The zero-order valence-corrected chi connectivity index (χ0v) is 11.6. The molecule has 1 fully saturated rings. The van der Waals surface area contributed by atoms with Crippen molar-refractivity contribution in [1.29, 1.82) is 0 Å². The molecule has 0 aromatic heterocycles. The smallest absolute Gasteiger partial charge is 0.251 e. The molecule has 0 spiro atoms. The summed E-state index contributed by atoms with van der Waals surface area (Å²) < 4.78 is 0. The number of nitrogens with two attached hydrogens (primary N) is 2. The van der Waals surface area contributed by atoms with E-state index in [1.165, 1.54) is 12.8 Å². The van der Waals surface area contributed by atoms with Crippen LogP contribution < -0.4 is 16.8 Å². The first kappa shape index (κ1) is 13.7. The summed E-state index contributed by atoms with van der Waals surface area (Å²) in [5, 5.41) is 3.12. The highest BCUT2D eigenvalue weighted by atomic mass is 16.1. The molecule has 4 heteroatoms. The predicted octanol–water partition coefficient (Wildman–Crippen LogP) is 2.41. The third-order valence-electron chi connectivity index (χ3n) is 4.26. The van der Waals surface area contributed by atoms with Gasteiger partial charge in [0.1, 0.15) is 0 Å².